The minimum Gasteiger partial charge on any atom is -0.465 e. The average molecular weight is 289 g/mol. The molecule has 0 bridgehead atoms. The Balaban J connectivity index is 1.73. The van der Waals surface area contributed by atoms with E-state index in [0.717, 1.165) is 16.8 Å². The fraction of sp³-hybridized carbons (Fsp3) is 0.333. The van der Waals surface area contributed by atoms with Crippen LogP contribution in [0.15, 0.2) is 36.5 Å². The van der Waals surface area contributed by atoms with Gasteiger partial charge in [0.15, 0.2) is 0 Å². The van der Waals surface area contributed by atoms with E-state index in [1.807, 2.05) is 30.3 Å². The highest BCUT2D eigenvalue weighted by molar-refractivity contribution is 5.67. The highest BCUT2D eigenvalue weighted by Gasteiger charge is 2.31. The number of hydrogen-bond acceptors (Lipinski definition) is 2. The highest BCUT2D eigenvalue weighted by atomic mass is 19.1. The number of likely N-dealkylation sites (tertiary alicyclic amines) is 1. The van der Waals surface area contributed by atoms with Crippen LogP contribution >= 0.6 is 0 Å². The molecule has 0 atom stereocenters. The van der Waals surface area contributed by atoms with Crippen molar-refractivity contribution in [1.29, 1.82) is 0 Å². The second-order valence-electron chi connectivity index (χ2n) is 5.14. The molecule has 0 aliphatic carbocycles. The highest BCUT2D eigenvalue weighted by Crippen LogP contribution is 2.29. The molecule has 2 aromatic rings. The first-order chi connectivity index (χ1) is 10.2. The first kappa shape index (κ1) is 13.6. The molecule has 0 saturated carbocycles. The van der Waals surface area contributed by atoms with Crippen LogP contribution in [-0.2, 0) is 6.54 Å². The molecule has 21 heavy (non-hydrogen) atoms. The maximum atomic E-state index is 12.5. The summed E-state index contributed by atoms with van der Waals surface area (Å²) < 4.78 is 14.1. The van der Waals surface area contributed by atoms with Gasteiger partial charge in [0.1, 0.15) is 6.67 Å². The third-order valence-electron chi connectivity index (χ3n) is 3.84. The van der Waals surface area contributed by atoms with Gasteiger partial charge in [-0.05, 0) is 17.2 Å². The van der Waals surface area contributed by atoms with E-state index in [1.165, 1.54) is 4.90 Å². The number of benzene rings is 1. The zero-order valence-electron chi connectivity index (χ0n) is 11.4. The Bertz CT molecular complexity index is 633. The summed E-state index contributed by atoms with van der Waals surface area (Å²) in [7, 11) is 0. The van der Waals surface area contributed by atoms with Crippen LogP contribution in [-0.4, -0.2) is 45.6 Å². The summed E-state index contributed by atoms with van der Waals surface area (Å²) in [5, 5.41) is 12.9. The molecule has 2 heterocycles. The van der Waals surface area contributed by atoms with Gasteiger partial charge in [-0.15, -0.1) is 0 Å². The normalized spacial score (nSPS) is 15.0. The number of hydrogen-bond donors (Lipinski definition) is 1. The van der Waals surface area contributed by atoms with Gasteiger partial charge in [0.05, 0.1) is 12.2 Å². The largest absolute Gasteiger partial charge is 0.465 e. The zero-order valence-corrected chi connectivity index (χ0v) is 11.4. The van der Waals surface area contributed by atoms with Gasteiger partial charge < -0.3 is 10.0 Å². The molecule has 3 rings (SSSR count). The molecule has 1 saturated heterocycles. The molecule has 5 nitrogen and oxygen atoms in total. The first-order valence-corrected chi connectivity index (χ1v) is 6.85. The number of nitrogens with zero attached hydrogens (tertiary/aromatic N) is 3. The van der Waals surface area contributed by atoms with Crippen LogP contribution in [0.4, 0.5) is 9.18 Å². The molecule has 1 N–H and O–H groups in total. The summed E-state index contributed by atoms with van der Waals surface area (Å²) in [5.41, 5.74) is 3.01. The van der Waals surface area contributed by atoms with Gasteiger partial charge in [0.2, 0.25) is 0 Å². The Hall–Kier alpha value is -2.37. The monoisotopic (exact) mass is 289 g/mol. The van der Waals surface area contributed by atoms with Crippen molar-refractivity contribution in [3.63, 3.8) is 0 Å². The van der Waals surface area contributed by atoms with Crippen molar-refractivity contribution in [2.45, 2.75) is 12.5 Å². The summed E-state index contributed by atoms with van der Waals surface area (Å²) in [6.07, 6.45) is 0.799. The van der Waals surface area contributed by atoms with Crippen LogP contribution in [0, 0.1) is 0 Å². The Morgan fingerprint density at radius 3 is 2.62 bits per heavy atom. The molecule has 1 amide bonds. The van der Waals surface area contributed by atoms with Gasteiger partial charge in [-0.25, -0.2) is 9.18 Å². The van der Waals surface area contributed by atoms with Crippen LogP contribution in [0.2, 0.25) is 0 Å². The molecule has 1 aromatic carbocycles. The molecule has 1 aliphatic heterocycles. The summed E-state index contributed by atoms with van der Waals surface area (Å²) in [6.45, 7) is 0.906. The summed E-state index contributed by atoms with van der Waals surface area (Å²) in [6, 6.07) is 9.83. The van der Waals surface area contributed by atoms with E-state index >= 15 is 0 Å². The molecular formula is C15H16FN3O2. The van der Waals surface area contributed by atoms with Crippen LogP contribution < -0.4 is 0 Å². The Morgan fingerprint density at radius 2 is 2.00 bits per heavy atom. The number of rotatable bonds is 4. The number of aromatic nitrogens is 2. The first-order valence-electron chi connectivity index (χ1n) is 6.85. The van der Waals surface area contributed by atoms with Gasteiger partial charge in [0.25, 0.3) is 0 Å². The lowest BCUT2D eigenvalue weighted by atomic mass is 9.91. The average Bonchev–Trinajstić information content (AvgIpc) is 2.86. The molecule has 1 aliphatic rings. The van der Waals surface area contributed by atoms with Crippen molar-refractivity contribution in [2.24, 2.45) is 0 Å². The van der Waals surface area contributed by atoms with Gasteiger partial charge in [-0.2, -0.15) is 5.10 Å². The van der Waals surface area contributed by atoms with Crippen molar-refractivity contribution in [3.8, 4) is 11.3 Å². The number of alkyl halides is 1. The molecule has 1 fully saturated rings. The van der Waals surface area contributed by atoms with Gasteiger partial charge in [-0.1, -0.05) is 24.3 Å². The number of aryl methyl sites for hydroxylation is 1. The van der Waals surface area contributed by atoms with E-state index in [4.69, 9.17) is 5.11 Å². The Labute approximate surface area is 121 Å². The molecule has 110 valence electrons. The van der Waals surface area contributed by atoms with Gasteiger partial charge >= 0.3 is 6.09 Å². The third-order valence-corrected chi connectivity index (χ3v) is 3.84. The lowest BCUT2D eigenvalue weighted by Crippen LogP contribution is -2.47. The van der Waals surface area contributed by atoms with Crippen molar-refractivity contribution < 1.29 is 14.3 Å². The quantitative estimate of drug-likeness (QED) is 0.941. The zero-order chi connectivity index (χ0) is 14.8. The van der Waals surface area contributed by atoms with E-state index in [2.05, 4.69) is 5.10 Å². The second kappa shape index (κ2) is 5.55. The van der Waals surface area contributed by atoms with Crippen molar-refractivity contribution >= 4 is 6.09 Å². The molecule has 6 heteroatoms. The standard InChI is InChI=1S/C15H16FN3O2/c16-6-8-19-14(5-7-17-19)12-3-1-11(2-4-12)13-9-18(10-13)15(20)21/h1-5,7,13H,6,8-10H2,(H,20,21). The topological polar surface area (TPSA) is 58.4 Å². The minimum atomic E-state index is -0.863. The smallest absolute Gasteiger partial charge is 0.407 e. The van der Waals surface area contributed by atoms with Crippen molar-refractivity contribution in [1.82, 2.24) is 14.7 Å². The van der Waals surface area contributed by atoms with Crippen LogP contribution in [0.25, 0.3) is 11.3 Å². The molecule has 0 radical (unpaired) electrons. The Kier molecular flexibility index (Phi) is 3.60. The predicted molar refractivity (Wildman–Crippen MR) is 76.0 cm³/mol. The SMILES string of the molecule is O=C(O)N1CC(c2ccc(-c3ccnn3CCF)cc2)C1. The van der Waals surface area contributed by atoms with E-state index < -0.39 is 12.8 Å². The molecular weight excluding hydrogens is 273 g/mol. The van der Waals surface area contributed by atoms with Crippen LogP contribution in [0.5, 0.6) is 0 Å². The lowest BCUT2D eigenvalue weighted by Gasteiger charge is -2.37. The van der Waals surface area contributed by atoms with E-state index in [0.29, 0.717) is 13.1 Å². The fourth-order valence-corrected chi connectivity index (χ4v) is 2.61. The summed E-state index contributed by atoms with van der Waals surface area (Å²) in [4.78, 5) is 12.2. The lowest BCUT2D eigenvalue weighted by molar-refractivity contribution is 0.105. The maximum absolute atomic E-state index is 12.5. The third kappa shape index (κ3) is 2.61. The molecule has 0 spiro atoms. The summed E-state index contributed by atoms with van der Waals surface area (Å²) in [5.74, 6) is 0.269. The number of amides is 1. The number of carbonyl (C=O) groups is 1. The molecule has 0 unspecified atom stereocenters. The van der Waals surface area contributed by atoms with Gasteiger partial charge in [0, 0.05) is 25.2 Å². The van der Waals surface area contributed by atoms with E-state index in [9.17, 15) is 9.18 Å². The number of halogens is 1. The number of carboxylic acid groups (broad SMARTS) is 1. The summed E-state index contributed by atoms with van der Waals surface area (Å²) >= 11 is 0. The van der Waals surface area contributed by atoms with E-state index in [1.54, 1.807) is 10.9 Å². The Morgan fingerprint density at radius 1 is 1.29 bits per heavy atom. The van der Waals surface area contributed by atoms with Crippen molar-refractivity contribution in [2.75, 3.05) is 19.8 Å². The second-order valence-corrected chi connectivity index (χ2v) is 5.14. The van der Waals surface area contributed by atoms with Crippen LogP contribution in [0.1, 0.15) is 11.5 Å². The fourth-order valence-electron chi connectivity index (χ4n) is 2.61. The van der Waals surface area contributed by atoms with Gasteiger partial charge in [-0.3, -0.25) is 4.68 Å². The van der Waals surface area contributed by atoms with E-state index in [-0.39, 0.29) is 12.5 Å². The van der Waals surface area contributed by atoms with Crippen molar-refractivity contribution in [3.05, 3.63) is 42.1 Å². The molecule has 1 aromatic heterocycles. The predicted octanol–water partition coefficient (Wildman–Crippen LogP) is 2.60. The minimum absolute atomic E-state index is 0.250. The maximum Gasteiger partial charge on any atom is 0.407 e. The van der Waals surface area contributed by atoms with Crippen LogP contribution in [0.3, 0.4) is 0 Å².